The number of ether oxygens (including phenoxy) is 3. The molecule has 0 unspecified atom stereocenters. The lowest BCUT2D eigenvalue weighted by Gasteiger charge is -2.08. The third kappa shape index (κ3) is 5.39. The van der Waals surface area contributed by atoms with Gasteiger partial charge < -0.3 is 19.2 Å². The molecule has 0 spiro atoms. The van der Waals surface area contributed by atoms with Crippen molar-refractivity contribution >= 4 is 40.6 Å². The van der Waals surface area contributed by atoms with E-state index in [-0.39, 0.29) is 11.4 Å². The zero-order valence-electron chi connectivity index (χ0n) is 21.6. The summed E-state index contributed by atoms with van der Waals surface area (Å²) in [4.78, 5) is 29.3. The van der Waals surface area contributed by atoms with E-state index in [9.17, 15) is 9.59 Å². The number of carbonyl (C=O) groups excluding carboxylic acids is 2. The van der Waals surface area contributed by atoms with Crippen LogP contribution < -0.4 is 19.6 Å². The minimum atomic E-state index is -0.555. The lowest BCUT2D eigenvalue weighted by Crippen LogP contribution is -2.19. The summed E-state index contributed by atoms with van der Waals surface area (Å²) >= 11 is 6.52. The molecule has 0 aliphatic rings. The van der Waals surface area contributed by atoms with Crippen LogP contribution in [0.3, 0.4) is 0 Å². The smallest absolute Gasteiger partial charge is 0.343 e. The summed E-state index contributed by atoms with van der Waals surface area (Å²) in [5.74, 6) is 0.355. The van der Waals surface area contributed by atoms with Crippen LogP contribution in [0.4, 0.5) is 0 Å². The molecule has 9 heteroatoms. The molecule has 4 aromatic carbocycles. The van der Waals surface area contributed by atoms with Crippen molar-refractivity contribution in [2.45, 2.75) is 0 Å². The summed E-state index contributed by atoms with van der Waals surface area (Å²) in [6.45, 7) is 0. The first-order valence-electron chi connectivity index (χ1n) is 12.2. The van der Waals surface area contributed by atoms with Crippen molar-refractivity contribution in [2.24, 2.45) is 5.10 Å². The number of fused-ring (bicyclic) bond motifs is 1. The number of methoxy groups -OCH3 is 2. The van der Waals surface area contributed by atoms with E-state index in [0.717, 1.165) is 5.39 Å². The molecule has 1 aromatic heterocycles. The maximum Gasteiger partial charge on any atom is 0.343 e. The van der Waals surface area contributed by atoms with Gasteiger partial charge in [-0.25, -0.2) is 10.2 Å². The van der Waals surface area contributed by atoms with Gasteiger partial charge in [-0.05, 0) is 42.5 Å². The van der Waals surface area contributed by atoms with Crippen LogP contribution in [-0.2, 0) is 0 Å². The van der Waals surface area contributed by atoms with E-state index in [4.69, 9.17) is 25.8 Å². The second kappa shape index (κ2) is 11.8. The van der Waals surface area contributed by atoms with Crippen LogP contribution in [0.1, 0.15) is 26.4 Å². The fraction of sp³-hybridized carbons (Fsp3) is 0.0645. The van der Waals surface area contributed by atoms with Gasteiger partial charge in [-0.3, -0.25) is 4.79 Å². The number of halogens is 1. The van der Waals surface area contributed by atoms with E-state index >= 15 is 0 Å². The number of para-hydroxylation sites is 2. The number of esters is 1. The lowest BCUT2D eigenvalue weighted by molar-refractivity contribution is 0.0733. The van der Waals surface area contributed by atoms with E-state index < -0.39 is 11.9 Å². The number of hydrogen-bond donors (Lipinski definition) is 2. The Labute approximate surface area is 235 Å². The molecular weight excluding hydrogens is 530 g/mol. The highest BCUT2D eigenvalue weighted by atomic mass is 35.5. The second-order valence-electron chi connectivity index (χ2n) is 8.60. The number of benzene rings is 4. The number of amides is 1. The molecule has 1 amide bonds. The molecule has 5 aromatic rings. The van der Waals surface area contributed by atoms with Gasteiger partial charge in [0.1, 0.15) is 22.9 Å². The average Bonchev–Trinajstić information content (AvgIpc) is 3.38. The summed E-state index contributed by atoms with van der Waals surface area (Å²) in [5, 5.41) is 5.41. The first-order chi connectivity index (χ1) is 19.5. The van der Waals surface area contributed by atoms with E-state index in [1.54, 1.807) is 67.8 Å². The largest absolute Gasteiger partial charge is 0.497 e. The van der Waals surface area contributed by atoms with Gasteiger partial charge in [-0.2, -0.15) is 5.10 Å². The summed E-state index contributed by atoms with van der Waals surface area (Å²) in [6, 6.07) is 26.3. The molecule has 1 heterocycles. The summed E-state index contributed by atoms with van der Waals surface area (Å²) in [5.41, 5.74) is 5.62. The molecule has 2 N–H and O–H groups in total. The van der Waals surface area contributed by atoms with Gasteiger partial charge in [0.25, 0.3) is 5.91 Å². The van der Waals surface area contributed by atoms with Gasteiger partial charge in [0.05, 0.1) is 31.5 Å². The number of nitrogens with one attached hydrogen (secondary N) is 2. The third-order valence-corrected chi connectivity index (χ3v) is 6.51. The van der Waals surface area contributed by atoms with Crippen LogP contribution in [0.5, 0.6) is 17.2 Å². The Morgan fingerprint density at radius 3 is 2.42 bits per heavy atom. The van der Waals surface area contributed by atoms with E-state index in [1.807, 2.05) is 30.3 Å². The first-order valence-corrected chi connectivity index (χ1v) is 12.6. The Morgan fingerprint density at radius 2 is 1.62 bits per heavy atom. The number of rotatable bonds is 8. The molecule has 5 rings (SSSR count). The van der Waals surface area contributed by atoms with Gasteiger partial charge >= 0.3 is 5.97 Å². The third-order valence-electron chi connectivity index (χ3n) is 6.18. The van der Waals surface area contributed by atoms with Gasteiger partial charge in [-0.15, -0.1) is 0 Å². The number of carbonyl (C=O) groups is 2. The van der Waals surface area contributed by atoms with Crippen molar-refractivity contribution in [1.29, 1.82) is 0 Å². The minimum absolute atomic E-state index is 0.266. The van der Waals surface area contributed by atoms with E-state index in [1.165, 1.54) is 13.3 Å². The first kappa shape index (κ1) is 26.5. The molecule has 40 heavy (non-hydrogen) atoms. The van der Waals surface area contributed by atoms with Gasteiger partial charge in [-0.1, -0.05) is 60.1 Å². The zero-order chi connectivity index (χ0) is 28.1. The van der Waals surface area contributed by atoms with Crippen LogP contribution in [-0.4, -0.2) is 37.3 Å². The molecule has 8 nitrogen and oxygen atoms in total. The Kier molecular flexibility index (Phi) is 7.80. The Morgan fingerprint density at radius 1 is 0.875 bits per heavy atom. The predicted octanol–water partition coefficient (Wildman–Crippen LogP) is 6.49. The molecule has 0 atom stereocenters. The molecule has 0 aliphatic heterocycles. The Bertz CT molecular complexity index is 1740. The van der Waals surface area contributed by atoms with Gasteiger partial charge in [0, 0.05) is 27.1 Å². The molecule has 0 fully saturated rings. The normalized spacial score (nSPS) is 11.0. The molecule has 0 saturated heterocycles. The lowest BCUT2D eigenvalue weighted by atomic mass is 10.0. The van der Waals surface area contributed by atoms with E-state index in [2.05, 4.69) is 15.5 Å². The maximum atomic E-state index is 13.4. The van der Waals surface area contributed by atoms with Crippen molar-refractivity contribution in [3.63, 3.8) is 0 Å². The quantitative estimate of drug-likeness (QED) is 0.0989. The fourth-order valence-corrected chi connectivity index (χ4v) is 4.51. The fourth-order valence-electron chi connectivity index (χ4n) is 4.28. The van der Waals surface area contributed by atoms with Gasteiger partial charge in [0.2, 0.25) is 0 Å². The standard InChI is InChI=1S/C31H24ClN3O5/c1-38-21-11-7-10-19(17-21)31(37)40-25-15-6-3-9-20(25)18-33-35-30(36)29-27(22-12-4-5-14-24(22)32)23-13-8-16-26(39-2)28(23)34-29/h3-18,34H,1-2H3,(H,35,36). The number of hydrogen-bond acceptors (Lipinski definition) is 6. The number of aromatic amines is 1. The average molecular weight is 554 g/mol. The maximum absolute atomic E-state index is 13.4. The summed E-state index contributed by atoms with van der Waals surface area (Å²) in [7, 11) is 3.08. The molecular formula is C31H24ClN3O5. The SMILES string of the molecule is COc1cccc(C(=O)Oc2ccccc2C=NNC(=O)c2[nH]c3c(OC)cccc3c2-c2ccccc2Cl)c1. The highest BCUT2D eigenvalue weighted by Gasteiger charge is 2.22. The predicted molar refractivity (Wildman–Crippen MR) is 155 cm³/mol. The molecule has 200 valence electrons. The number of H-pyrrole nitrogens is 1. The highest BCUT2D eigenvalue weighted by molar-refractivity contribution is 6.34. The number of hydrazone groups is 1. The van der Waals surface area contributed by atoms with Crippen LogP contribution in [0.25, 0.3) is 22.0 Å². The summed E-state index contributed by atoms with van der Waals surface area (Å²) in [6.07, 6.45) is 1.41. The van der Waals surface area contributed by atoms with Crippen molar-refractivity contribution in [2.75, 3.05) is 14.2 Å². The van der Waals surface area contributed by atoms with Crippen molar-refractivity contribution in [3.8, 4) is 28.4 Å². The van der Waals surface area contributed by atoms with Crippen LogP contribution >= 0.6 is 11.6 Å². The molecule has 0 saturated carbocycles. The van der Waals surface area contributed by atoms with Crippen molar-refractivity contribution in [1.82, 2.24) is 10.4 Å². The minimum Gasteiger partial charge on any atom is -0.497 e. The molecule has 0 radical (unpaired) electrons. The molecule has 0 aliphatic carbocycles. The number of aromatic nitrogens is 1. The second-order valence-corrected chi connectivity index (χ2v) is 9.00. The zero-order valence-corrected chi connectivity index (χ0v) is 22.4. The molecule has 0 bridgehead atoms. The topological polar surface area (TPSA) is 102 Å². The van der Waals surface area contributed by atoms with Crippen LogP contribution in [0.2, 0.25) is 5.02 Å². The Balaban J connectivity index is 1.42. The number of nitrogens with zero attached hydrogens (tertiary/aromatic N) is 1. The van der Waals surface area contributed by atoms with Gasteiger partial charge in [0.15, 0.2) is 0 Å². The Hall–Kier alpha value is -5.08. The van der Waals surface area contributed by atoms with Crippen LogP contribution in [0, 0.1) is 0 Å². The van der Waals surface area contributed by atoms with Crippen molar-refractivity contribution in [3.05, 3.63) is 113 Å². The van der Waals surface area contributed by atoms with Crippen molar-refractivity contribution < 1.29 is 23.8 Å². The highest BCUT2D eigenvalue weighted by Crippen LogP contribution is 2.39. The monoisotopic (exact) mass is 553 g/mol. The summed E-state index contributed by atoms with van der Waals surface area (Å²) < 4.78 is 16.3. The van der Waals surface area contributed by atoms with Crippen LogP contribution in [0.15, 0.2) is 96.1 Å². The van der Waals surface area contributed by atoms with E-state index in [0.29, 0.717) is 44.3 Å².